The molecule has 1 aromatic rings. The van der Waals surface area contributed by atoms with Gasteiger partial charge in [-0.2, -0.15) is 0 Å². The molecule has 0 spiro atoms. The molecule has 0 saturated heterocycles. The molecular weight excluding hydrogens is 270 g/mol. The standard InChI is InChI=1S/C20H33NO/c1-6-14(4)10-16(9-13(2)3)18-12-20(22-17-7-8-17)19(21)11-15(18)5/h11-14,16-17H,6-10,21H2,1-5H3. The summed E-state index contributed by atoms with van der Waals surface area (Å²) in [6, 6.07) is 4.34. The number of hydrogen-bond acceptors (Lipinski definition) is 2. The van der Waals surface area contributed by atoms with Gasteiger partial charge in [0.25, 0.3) is 0 Å². The van der Waals surface area contributed by atoms with E-state index in [2.05, 4.69) is 46.8 Å². The zero-order valence-electron chi connectivity index (χ0n) is 15.0. The third-order valence-corrected chi connectivity index (χ3v) is 4.80. The van der Waals surface area contributed by atoms with Crippen molar-refractivity contribution in [3.8, 4) is 5.75 Å². The maximum absolute atomic E-state index is 6.17. The van der Waals surface area contributed by atoms with Crippen LogP contribution in [0.15, 0.2) is 12.1 Å². The second kappa shape index (κ2) is 7.39. The van der Waals surface area contributed by atoms with Gasteiger partial charge < -0.3 is 10.5 Å². The molecular formula is C20H33NO. The normalized spacial score (nSPS) is 17.5. The summed E-state index contributed by atoms with van der Waals surface area (Å²) in [4.78, 5) is 0. The molecule has 2 heteroatoms. The van der Waals surface area contributed by atoms with Crippen molar-refractivity contribution in [2.45, 2.75) is 78.7 Å². The zero-order valence-corrected chi connectivity index (χ0v) is 15.0. The zero-order chi connectivity index (χ0) is 16.3. The lowest BCUT2D eigenvalue weighted by atomic mass is 9.81. The molecule has 2 N–H and O–H groups in total. The highest BCUT2D eigenvalue weighted by molar-refractivity contribution is 5.57. The Morgan fingerprint density at radius 2 is 1.86 bits per heavy atom. The quantitative estimate of drug-likeness (QED) is 0.627. The van der Waals surface area contributed by atoms with Crippen LogP contribution < -0.4 is 10.5 Å². The monoisotopic (exact) mass is 303 g/mol. The minimum atomic E-state index is 0.399. The number of anilines is 1. The van der Waals surface area contributed by atoms with Crippen LogP contribution in [0, 0.1) is 18.8 Å². The molecule has 0 heterocycles. The van der Waals surface area contributed by atoms with Crippen molar-refractivity contribution in [3.63, 3.8) is 0 Å². The summed E-state index contributed by atoms with van der Waals surface area (Å²) in [7, 11) is 0. The lowest BCUT2D eigenvalue weighted by molar-refractivity contribution is 0.303. The summed E-state index contributed by atoms with van der Waals surface area (Å²) in [5.41, 5.74) is 9.72. The molecule has 0 radical (unpaired) electrons. The maximum Gasteiger partial charge on any atom is 0.142 e. The molecule has 0 amide bonds. The van der Waals surface area contributed by atoms with Gasteiger partial charge >= 0.3 is 0 Å². The van der Waals surface area contributed by atoms with E-state index in [4.69, 9.17) is 10.5 Å². The molecule has 1 aromatic carbocycles. The summed E-state index contributed by atoms with van der Waals surface area (Å²) in [6.07, 6.45) is 6.47. The predicted octanol–water partition coefficient (Wildman–Crippen LogP) is 5.68. The first kappa shape index (κ1) is 17.2. The van der Waals surface area contributed by atoms with Gasteiger partial charge in [0, 0.05) is 0 Å². The van der Waals surface area contributed by atoms with Crippen LogP contribution in [0.3, 0.4) is 0 Å². The molecule has 0 aromatic heterocycles. The van der Waals surface area contributed by atoms with Gasteiger partial charge in [0.05, 0.1) is 11.8 Å². The first-order valence-corrected chi connectivity index (χ1v) is 8.97. The average molecular weight is 303 g/mol. The highest BCUT2D eigenvalue weighted by atomic mass is 16.5. The number of nitrogens with two attached hydrogens (primary N) is 1. The number of benzene rings is 1. The van der Waals surface area contributed by atoms with Gasteiger partial charge in [-0.05, 0) is 73.6 Å². The lowest BCUT2D eigenvalue weighted by Crippen LogP contribution is -2.11. The van der Waals surface area contributed by atoms with Crippen LogP contribution in [0.5, 0.6) is 5.75 Å². The second-order valence-corrected chi connectivity index (χ2v) is 7.64. The number of ether oxygens (including phenoxy) is 1. The summed E-state index contributed by atoms with van der Waals surface area (Å²) in [5, 5.41) is 0. The Bertz CT molecular complexity index is 491. The Morgan fingerprint density at radius 1 is 1.18 bits per heavy atom. The number of hydrogen-bond donors (Lipinski definition) is 1. The van der Waals surface area contributed by atoms with Crippen molar-refractivity contribution >= 4 is 5.69 Å². The molecule has 0 bridgehead atoms. The van der Waals surface area contributed by atoms with Crippen molar-refractivity contribution in [3.05, 3.63) is 23.3 Å². The first-order chi connectivity index (χ1) is 10.4. The van der Waals surface area contributed by atoms with Gasteiger partial charge in [-0.25, -0.2) is 0 Å². The molecule has 124 valence electrons. The Kier molecular flexibility index (Phi) is 5.77. The second-order valence-electron chi connectivity index (χ2n) is 7.64. The minimum Gasteiger partial charge on any atom is -0.488 e. The van der Waals surface area contributed by atoms with Crippen LogP contribution >= 0.6 is 0 Å². The highest BCUT2D eigenvalue weighted by Crippen LogP contribution is 2.39. The van der Waals surface area contributed by atoms with E-state index >= 15 is 0 Å². The van der Waals surface area contributed by atoms with Gasteiger partial charge in [0.1, 0.15) is 5.75 Å². The van der Waals surface area contributed by atoms with E-state index in [1.54, 1.807) is 0 Å². The van der Waals surface area contributed by atoms with E-state index in [9.17, 15) is 0 Å². The summed E-state index contributed by atoms with van der Waals surface area (Å²) >= 11 is 0. The van der Waals surface area contributed by atoms with E-state index < -0.39 is 0 Å². The van der Waals surface area contributed by atoms with Gasteiger partial charge in [-0.1, -0.05) is 34.1 Å². The number of aryl methyl sites for hydroxylation is 1. The SMILES string of the molecule is CCC(C)CC(CC(C)C)c1cc(OC2CC2)c(N)cc1C. The van der Waals surface area contributed by atoms with Crippen LogP contribution in [0.25, 0.3) is 0 Å². The number of nitrogen functional groups attached to an aromatic ring is 1. The fourth-order valence-corrected chi connectivity index (χ4v) is 3.21. The van der Waals surface area contributed by atoms with Crippen LogP contribution in [-0.4, -0.2) is 6.10 Å². The Balaban J connectivity index is 2.27. The Morgan fingerprint density at radius 3 is 2.41 bits per heavy atom. The molecule has 0 aliphatic heterocycles. The molecule has 1 aliphatic carbocycles. The van der Waals surface area contributed by atoms with Crippen molar-refractivity contribution in [2.24, 2.45) is 11.8 Å². The molecule has 1 aliphatic rings. The summed E-state index contributed by atoms with van der Waals surface area (Å²) in [6.45, 7) is 11.5. The van der Waals surface area contributed by atoms with E-state index in [1.165, 1.54) is 43.2 Å². The van der Waals surface area contributed by atoms with Gasteiger partial charge in [0.15, 0.2) is 0 Å². The Hall–Kier alpha value is -1.18. The summed E-state index contributed by atoms with van der Waals surface area (Å²) < 4.78 is 6.01. The topological polar surface area (TPSA) is 35.2 Å². The van der Waals surface area contributed by atoms with Crippen molar-refractivity contribution in [1.82, 2.24) is 0 Å². The minimum absolute atomic E-state index is 0.399. The predicted molar refractivity (Wildman–Crippen MR) is 95.5 cm³/mol. The fraction of sp³-hybridized carbons (Fsp3) is 0.700. The molecule has 1 saturated carbocycles. The Labute approximate surface area is 136 Å². The molecule has 2 unspecified atom stereocenters. The van der Waals surface area contributed by atoms with Crippen LogP contribution in [0.4, 0.5) is 5.69 Å². The molecule has 1 fully saturated rings. The van der Waals surface area contributed by atoms with Crippen molar-refractivity contribution < 1.29 is 4.74 Å². The van der Waals surface area contributed by atoms with E-state index in [-0.39, 0.29) is 0 Å². The van der Waals surface area contributed by atoms with Gasteiger partial charge in [-0.15, -0.1) is 0 Å². The molecule has 2 nitrogen and oxygen atoms in total. The first-order valence-electron chi connectivity index (χ1n) is 8.97. The number of rotatable bonds is 8. The molecule has 2 atom stereocenters. The van der Waals surface area contributed by atoms with Crippen LogP contribution in [-0.2, 0) is 0 Å². The third kappa shape index (κ3) is 4.66. The van der Waals surface area contributed by atoms with Crippen molar-refractivity contribution in [1.29, 1.82) is 0 Å². The third-order valence-electron chi connectivity index (χ3n) is 4.80. The van der Waals surface area contributed by atoms with Crippen LogP contribution in [0.1, 0.15) is 76.8 Å². The molecule has 22 heavy (non-hydrogen) atoms. The van der Waals surface area contributed by atoms with E-state index in [1.807, 2.05) is 0 Å². The smallest absolute Gasteiger partial charge is 0.142 e. The fourth-order valence-electron chi connectivity index (χ4n) is 3.21. The highest BCUT2D eigenvalue weighted by Gasteiger charge is 2.26. The summed E-state index contributed by atoms with van der Waals surface area (Å²) in [5.74, 6) is 2.98. The maximum atomic E-state index is 6.17. The average Bonchev–Trinajstić information content (AvgIpc) is 3.24. The van der Waals surface area contributed by atoms with Crippen molar-refractivity contribution in [2.75, 3.05) is 5.73 Å². The van der Waals surface area contributed by atoms with E-state index in [0.29, 0.717) is 17.9 Å². The van der Waals surface area contributed by atoms with Gasteiger partial charge in [-0.3, -0.25) is 0 Å². The van der Waals surface area contributed by atoms with Gasteiger partial charge in [0.2, 0.25) is 0 Å². The van der Waals surface area contributed by atoms with E-state index in [0.717, 1.165) is 17.4 Å². The van der Waals surface area contributed by atoms with Crippen LogP contribution in [0.2, 0.25) is 0 Å². The largest absolute Gasteiger partial charge is 0.488 e. The lowest BCUT2D eigenvalue weighted by Gasteiger charge is -2.25. The molecule has 2 rings (SSSR count).